The standard InChI is InChI=1S/C15H15BrFN/c1-9-4-3-5-12(14(9)16)15(18)11-6-7-13(17)10(2)8-11/h3-8,15H,18H2,1-2H3. The van der Waals surface area contributed by atoms with Gasteiger partial charge in [0.25, 0.3) is 0 Å². The van der Waals surface area contributed by atoms with Crippen molar-refractivity contribution in [1.82, 2.24) is 0 Å². The summed E-state index contributed by atoms with van der Waals surface area (Å²) in [6.07, 6.45) is 0. The highest BCUT2D eigenvalue weighted by Crippen LogP contribution is 2.29. The van der Waals surface area contributed by atoms with Crippen LogP contribution in [0.4, 0.5) is 4.39 Å². The van der Waals surface area contributed by atoms with Crippen molar-refractivity contribution in [3.8, 4) is 0 Å². The van der Waals surface area contributed by atoms with Gasteiger partial charge in [-0.2, -0.15) is 0 Å². The van der Waals surface area contributed by atoms with Crippen molar-refractivity contribution in [2.45, 2.75) is 19.9 Å². The van der Waals surface area contributed by atoms with E-state index in [2.05, 4.69) is 15.9 Å². The maximum atomic E-state index is 13.3. The monoisotopic (exact) mass is 307 g/mol. The number of nitrogens with two attached hydrogens (primary N) is 1. The van der Waals surface area contributed by atoms with E-state index in [4.69, 9.17) is 5.73 Å². The summed E-state index contributed by atoms with van der Waals surface area (Å²) in [6.45, 7) is 3.77. The zero-order chi connectivity index (χ0) is 13.3. The third-order valence-corrected chi connectivity index (χ3v) is 4.18. The topological polar surface area (TPSA) is 26.0 Å². The molecule has 0 saturated carbocycles. The Hall–Kier alpha value is -1.19. The molecule has 3 heteroatoms. The van der Waals surface area contributed by atoms with Crippen LogP contribution in [0.25, 0.3) is 0 Å². The van der Waals surface area contributed by atoms with Gasteiger partial charge in [0.2, 0.25) is 0 Å². The van der Waals surface area contributed by atoms with Crippen LogP contribution >= 0.6 is 15.9 Å². The zero-order valence-corrected chi connectivity index (χ0v) is 12.0. The van der Waals surface area contributed by atoms with Crippen molar-refractivity contribution < 1.29 is 4.39 Å². The number of benzene rings is 2. The molecule has 2 aromatic rings. The molecule has 0 aliphatic heterocycles. The van der Waals surface area contributed by atoms with E-state index in [1.54, 1.807) is 19.1 Å². The van der Waals surface area contributed by atoms with E-state index in [-0.39, 0.29) is 11.9 Å². The fraction of sp³-hybridized carbons (Fsp3) is 0.200. The first kappa shape index (κ1) is 13.2. The molecule has 2 rings (SSSR count). The van der Waals surface area contributed by atoms with Crippen molar-refractivity contribution in [2.24, 2.45) is 5.73 Å². The molecule has 0 radical (unpaired) electrons. The molecule has 0 aromatic heterocycles. The van der Waals surface area contributed by atoms with Crippen molar-refractivity contribution in [3.63, 3.8) is 0 Å². The molecule has 0 amide bonds. The van der Waals surface area contributed by atoms with Crippen molar-refractivity contribution in [2.75, 3.05) is 0 Å². The Balaban J connectivity index is 2.44. The van der Waals surface area contributed by atoms with Crippen LogP contribution in [0, 0.1) is 19.7 Å². The van der Waals surface area contributed by atoms with Crippen LogP contribution < -0.4 is 5.73 Å². The summed E-state index contributed by atoms with van der Waals surface area (Å²) in [6, 6.07) is 10.7. The maximum Gasteiger partial charge on any atom is 0.126 e. The van der Waals surface area contributed by atoms with Gasteiger partial charge in [-0.3, -0.25) is 0 Å². The molecule has 1 nitrogen and oxygen atoms in total. The van der Waals surface area contributed by atoms with Gasteiger partial charge in [-0.15, -0.1) is 0 Å². The summed E-state index contributed by atoms with van der Waals surface area (Å²) >= 11 is 3.56. The number of halogens is 2. The van der Waals surface area contributed by atoms with Crippen LogP contribution in [0.3, 0.4) is 0 Å². The minimum Gasteiger partial charge on any atom is -0.320 e. The Morgan fingerprint density at radius 2 is 1.83 bits per heavy atom. The lowest BCUT2D eigenvalue weighted by Crippen LogP contribution is -2.13. The van der Waals surface area contributed by atoms with Gasteiger partial charge in [-0.1, -0.05) is 46.3 Å². The van der Waals surface area contributed by atoms with Gasteiger partial charge in [0.05, 0.1) is 6.04 Å². The second-order valence-corrected chi connectivity index (χ2v) is 5.26. The van der Waals surface area contributed by atoms with Gasteiger partial charge >= 0.3 is 0 Å². The van der Waals surface area contributed by atoms with E-state index in [9.17, 15) is 4.39 Å². The van der Waals surface area contributed by atoms with Gasteiger partial charge in [-0.05, 0) is 42.2 Å². The predicted molar refractivity (Wildman–Crippen MR) is 76.0 cm³/mol. The highest BCUT2D eigenvalue weighted by Gasteiger charge is 2.14. The van der Waals surface area contributed by atoms with Crippen molar-refractivity contribution >= 4 is 15.9 Å². The Bertz CT molecular complexity index is 581. The smallest absolute Gasteiger partial charge is 0.126 e. The van der Waals surface area contributed by atoms with Gasteiger partial charge < -0.3 is 5.73 Å². The van der Waals surface area contributed by atoms with Crippen LogP contribution in [0.5, 0.6) is 0 Å². The fourth-order valence-corrected chi connectivity index (χ4v) is 2.46. The highest BCUT2D eigenvalue weighted by atomic mass is 79.9. The van der Waals surface area contributed by atoms with Gasteiger partial charge in [0, 0.05) is 4.47 Å². The summed E-state index contributed by atoms with van der Waals surface area (Å²) < 4.78 is 14.3. The normalized spacial score (nSPS) is 12.5. The van der Waals surface area contributed by atoms with E-state index in [0.717, 1.165) is 21.2 Å². The fourth-order valence-electron chi connectivity index (χ4n) is 1.95. The Morgan fingerprint density at radius 1 is 1.11 bits per heavy atom. The third kappa shape index (κ3) is 2.47. The molecule has 0 spiro atoms. The summed E-state index contributed by atoms with van der Waals surface area (Å²) in [5, 5.41) is 0. The molecule has 0 heterocycles. The average Bonchev–Trinajstić information content (AvgIpc) is 2.35. The summed E-state index contributed by atoms with van der Waals surface area (Å²) in [5.41, 5.74) is 9.94. The molecule has 0 aliphatic carbocycles. The second kappa shape index (κ2) is 5.21. The minimum absolute atomic E-state index is 0.200. The first-order valence-corrected chi connectivity index (χ1v) is 6.56. The lowest BCUT2D eigenvalue weighted by molar-refractivity contribution is 0.617. The number of hydrogen-bond donors (Lipinski definition) is 1. The van der Waals surface area contributed by atoms with E-state index < -0.39 is 0 Å². The number of aryl methyl sites for hydroxylation is 2. The molecule has 2 N–H and O–H groups in total. The summed E-state index contributed by atoms with van der Waals surface area (Å²) in [5.74, 6) is -0.200. The summed E-state index contributed by atoms with van der Waals surface area (Å²) in [7, 11) is 0. The predicted octanol–water partition coefficient (Wildman–Crippen LogP) is 4.25. The van der Waals surface area contributed by atoms with Crippen LogP contribution in [0.2, 0.25) is 0 Å². The van der Waals surface area contributed by atoms with Crippen LogP contribution in [0.15, 0.2) is 40.9 Å². The number of hydrogen-bond acceptors (Lipinski definition) is 1. The van der Waals surface area contributed by atoms with Crippen LogP contribution in [-0.2, 0) is 0 Å². The van der Waals surface area contributed by atoms with Gasteiger partial charge in [-0.25, -0.2) is 4.39 Å². The zero-order valence-electron chi connectivity index (χ0n) is 10.4. The average molecular weight is 308 g/mol. The Morgan fingerprint density at radius 3 is 2.50 bits per heavy atom. The molecule has 1 atom stereocenters. The summed E-state index contributed by atoms with van der Waals surface area (Å²) in [4.78, 5) is 0. The SMILES string of the molecule is Cc1cc(C(N)c2cccc(C)c2Br)ccc1F. The quantitative estimate of drug-likeness (QED) is 0.881. The van der Waals surface area contributed by atoms with Crippen molar-refractivity contribution in [3.05, 3.63) is 68.9 Å². The van der Waals surface area contributed by atoms with E-state index in [1.165, 1.54) is 6.07 Å². The molecular weight excluding hydrogens is 293 g/mol. The lowest BCUT2D eigenvalue weighted by atomic mass is 9.97. The number of rotatable bonds is 2. The molecule has 1 unspecified atom stereocenters. The molecule has 2 aromatic carbocycles. The third-order valence-electron chi connectivity index (χ3n) is 3.10. The Kier molecular flexibility index (Phi) is 3.83. The molecular formula is C15H15BrFN. The second-order valence-electron chi connectivity index (χ2n) is 4.46. The first-order valence-electron chi connectivity index (χ1n) is 5.77. The molecule has 0 fully saturated rings. The first-order chi connectivity index (χ1) is 8.50. The molecule has 0 aliphatic rings. The molecule has 18 heavy (non-hydrogen) atoms. The largest absolute Gasteiger partial charge is 0.320 e. The molecule has 0 bridgehead atoms. The van der Waals surface area contributed by atoms with Gasteiger partial charge in [0.1, 0.15) is 5.82 Å². The molecule has 94 valence electrons. The van der Waals surface area contributed by atoms with Crippen LogP contribution in [0.1, 0.15) is 28.3 Å². The van der Waals surface area contributed by atoms with Crippen molar-refractivity contribution in [1.29, 1.82) is 0 Å². The molecule has 0 saturated heterocycles. The lowest BCUT2D eigenvalue weighted by Gasteiger charge is -2.16. The van der Waals surface area contributed by atoms with E-state index in [1.807, 2.05) is 25.1 Å². The van der Waals surface area contributed by atoms with E-state index >= 15 is 0 Å². The van der Waals surface area contributed by atoms with Crippen LogP contribution in [-0.4, -0.2) is 0 Å². The Labute approximate surface area is 115 Å². The maximum absolute atomic E-state index is 13.3. The van der Waals surface area contributed by atoms with Gasteiger partial charge in [0.15, 0.2) is 0 Å². The minimum atomic E-state index is -0.251. The highest BCUT2D eigenvalue weighted by molar-refractivity contribution is 9.10. The van der Waals surface area contributed by atoms with E-state index in [0.29, 0.717) is 5.56 Å².